The van der Waals surface area contributed by atoms with E-state index in [4.69, 9.17) is 11.0 Å². The summed E-state index contributed by atoms with van der Waals surface area (Å²) in [5.41, 5.74) is 7.46. The number of nitrogens with two attached hydrogens (primary N) is 1. The largest absolute Gasteiger partial charge is 0.382 e. The number of nitrogens with zero attached hydrogens (tertiary/aromatic N) is 3. The predicted octanol–water partition coefficient (Wildman–Crippen LogP) is 3.70. The van der Waals surface area contributed by atoms with Gasteiger partial charge in [-0.25, -0.2) is 14.4 Å². The lowest BCUT2D eigenvalue weighted by atomic mass is 10.1. The van der Waals surface area contributed by atoms with E-state index in [0.29, 0.717) is 34.2 Å². The summed E-state index contributed by atoms with van der Waals surface area (Å²) in [6, 6.07) is 8.67. The monoisotopic (exact) mass is 316 g/mol. The van der Waals surface area contributed by atoms with Crippen LogP contribution in [0.15, 0.2) is 29.4 Å². The molecule has 0 spiro atoms. The summed E-state index contributed by atoms with van der Waals surface area (Å²) in [5.74, 6) is 0.369. The molecule has 0 saturated carbocycles. The minimum absolute atomic E-state index is 0.194. The van der Waals surface area contributed by atoms with Crippen LogP contribution < -0.4 is 5.73 Å². The topological polar surface area (TPSA) is 75.6 Å². The van der Waals surface area contributed by atoms with Gasteiger partial charge in [-0.1, -0.05) is 43.3 Å². The van der Waals surface area contributed by atoms with Gasteiger partial charge >= 0.3 is 0 Å². The molecule has 0 aliphatic carbocycles. The van der Waals surface area contributed by atoms with E-state index >= 15 is 0 Å². The van der Waals surface area contributed by atoms with E-state index < -0.39 is 0 Å². The molecule has 2 N–H and O–H groups in total. The van der Waals surface area contributed by atoms with Gasteiger partial charge < -0.3 is 5.73 Å². The van der Waals surface area contributed by atoms with Crippen molar-refractivity contribution >= 4 is 17.6 Å². The van der Waals surface area contributed by atoms with Gasteiger partial charge in [0.1, 0.15) is 23.3 Å². The smallest absolute Gasteiger partial charge is 0.190 e. The van der Waals surface area contributed by atoms with Crippen molar-refractivity contribution in [2.45, 2.75) is 37.1 Å². The zero-order chi connectivity index (χ0) is 15.9. The second-order valence-electron chi connectivity index (χ2n) is 4.81. The third-order valence-electron chi connectivity index (χ3n) is 3.18. The molecule has 0 fully saturated rings. The first-order valence-corrected chi connectivity index (χ1v) is 8.07. The van der Waals surface area contributed by atoms with E-state index in [2.05, 4.69) is 23.0 Å². The molecule has 4 nitrogen and oxygen atoms in total. The number of thioether (sulfide) groups is 1. The highest BCUT2D eigenvalue weighted by atomic mass is 32.2. The van der Waals surface area contributed by atoms with Gasteiger partial charge in [-0.15, -0.1) is 0 Å². The van der Waals surface area contributed by atoms with Gasteiger partial charge in [-0.05, 0) is 24.5 Å². The molecule has 0 radical (unpaired) electrons. The number of unbranched alkanes of at least 4 members (excludes halogenated alkanes) is 1. The lowest BCUT2D eigenvalue weighted by molar-refractivity contribution is 0.617. The number of aryl methyl sites for hydroxylation is 1. The molecule has 0 aliphatic heterocycles. The lowest BCUT2D eigenvalue weighted by Crippen LogP contribution is -2.05. The number of hydrogen-bond donors (Lipinski definition) is 1. The molecule has 2 aromatic rings. The van der Waals surface area contributed by atoms with Crippen LogP contribution in [0.4, 0.5) is 10.2 Å². The number of rotatable bonds is 6. The first kappa shape index (κ1) is 16.2. The van der Waals surface area contributed by atoms with Crippen LogP contribution in [-0.4, -0.2) is 9.97 Å². The summed E-state index contributed by atoms with van der Waals surface area (Å²) in [7, 11) is 0. The molecular formula is C16H17FN4S. The molecule has 2 rings (SSSR count). The van der Waals surface area contributed by atoms with Crippen molar-refractivity contribution < 1.29 is 4.39 Å². The van der Waals surface area contributed by atoms with Gasteiger partial charge in [0.05, 0.1) is 5.69 Å². The molecule has 0 aliphatic rings. The van der Waals surface area contributed by atoms with Crippen molar-refractivity contribution in [1.29, 1.82) is 5.26 Å². The number of halogens is 1. The maximum atomic E-state index is 13.6. The van der Waals surface area contributed by atoms with Gasteiger partial charge in [0.25, 0.3) is 0 Å². The first-order chi connectivity index (χ1) is 10.7. The highest BCUT2D eigenvalue weighted by molar-refractivity contribution is 7.98. The zero-order valence-corrected chi connectivity index (χ0v) is 13.2. The lowest BCUT2D eigenvalue weighted by Gasteiger charge is -2.08. The molecule has 1 heterocycles. The minimum Gasteiger partial charge on any atom is -0.382 e. The molecule has 0 saturated heterocycles. The van der Waals surface area contributed by atoms with Gasteiger partial charge in [0.2, 0.25) is 0 Å². The number of benzene rings is 1. The number of hydrogen-bond acceptors (Lipinski definition) is 5. The summed E-state index contributed by atoms with van der Waals surface area (Å²) >= 11 is 1.32. The van der Waals surface area contributed by atoms with Crippen LogP contribution in [0.3, 0.4) is 0 Å². The second-order valence-corrected chi connectivity index (χ2v) is 5.75. The highest BCUT2D eigenvalue weighted by Gasteiger charge is 2.13. The number of anilines is 1. The molecular weight excluding hydrogens is 299 g/mol. The van der Waals surface area contributed by atoms with Crippen molar-refractivity contribution in [2.24, 2.45) is 0 Å². The van der Waals surface area contributed by atoms with Crippen molar-refractivity contribution in [3.63, 3.8) is 0 Å². The van der Waals surface area contributed by atoms with Crippen LogP contribution in [0.5, 0.6) is 0 Å². The van der Waals surface area contributed by atoms with Gasteiger partial charge in [0, 0.05) is 5.75 Å². The second kappa shape index (κ2) is 7.76. The van der Waals surface area contributed by atoms with E-state index in [-0.39, 0.29) is 11.6 Å². The molecule has 1 aromatic carbocycles. The Labute approximate surface area is 133 Å². The SMILES string of the molecule is CCCCc1nc(SCc2ccccc2F)nc(N)c1C#N. The average molecular weight is 316 g/mol. The van der Waals surface area contributed by atoms with Crippen LogP contribution >= 0.6 is 11.8 Å². The van der Waals surface area contributed by atoms with Crippen molar-refractivity contribution in [3.05, 3.63) is 46.9 Å². The highest BCUT2D eigenvalue weighted by Crippen LogP contribution is 2.24. The zero-order valence-electron chi connectivity index (χ0n) is 12.3. The Morgan fingerprint density at radius 3 is 2.77 bits per heavy atom. The van der Waals surface area contributed by atoms with E-state index in [0.717, 1.165) is 12.8 Å². The first-order valence-electron chi connectivity index (χ1n) is 7.08. The summed E-state index contributed by atoms with van der Waals surface area (Å²) in [5, 5.41) is 9.65. The van der Waals surface area contributed by atoms with Crippen LogP contribution in [0.25, 0.3) is 0 Å². The molecule has 0 unspecified atom stereocenters. The fourth-order valence-electron chi connectivity index (χ4n) is 1.97. The van der Waals surface area contributed by atoms with Crippen LogP contribution in [0, 0.1) is 17.1 Å². The molecule has 0 amide bonds. The van der Waals surface area contributed by atoms with Gasteiger partial charge in [-0.2, -0.15) is 5.26 Å². The van der Waals surface area contributed by atoms with Crippen molar-refractivity contribution in [1.82, 2.24) is 9.97 Å². The van der Waals surface area contributed by atoms with Crippen molar-refractivity contribution in [2.75, 3.05) is 5.73 Å². The van der Waals surface area contributed by atoms with Crippen LogP contribution in [0.2, 0.25) is 0 Å². The Morgan fingerprint density at radius 2 is 2.09 bits per heavy atom. The average Bonchev–Trinajstić information content (AvgIpc) is 2.52. The Morgan fingerprint density at radius 1 is 1.32 bits per heavy atom. The van der Waals surface area contributed by atoms with E-state index in [9.17, 15) is 4.39 Å². The molecule has 114 valence electrons. The molecule has 6 heteroatoms. The molecule has 0 atom stereocenters. The third kappa shape index (κ3) is 3.95. The molecule has 0 bridgehead atoms. The summed E-state index contributed by atoms with van der Waals surface area (Å²) in [6.07, 6.45) is 2.63. The van der Waals surface area contributed by atoms with E-state index in [1.165, 1.54) is 17.8 Å². The van der Waals surface area contributed by atoms with Crippen LogP contribution in [0.1, 0.15) is 36.6 Å². The normalized spacial score (nSPS) is 10.4. The number of nitriles is 1. The van der Waals surface area contributed by atoms with Gasteiger partial charge in [-0.3, -0.25) is 0 Å². The van der Waals surface area contributed by atoms with Gasteiger partial charge in [0.15, 0.2) is 5.16 Å². The third-order valence-corrected chi connectivity index (χ3v) is 4.08. The Balaban J connectivity index is 2.19. The molecule has 22 heavy (non-hydrogen) atoms. The van der Waals surface area contributed by atoms with Crippen molar-refractivity contribution in [3.8, 4) is 6.07 Å². The predicted molar refractivity (Wildman–Crippen MR) is 85.7 cm³/mol. The summed E-state index contributed by atoms with van der Waals surface area (Å²) in [4.78, 5) is 8.56. The maximum absolute atomic E-state index is 13.6. The van der Waals surface area contributed by atoms with E-state index in [1.807, 2.05) is 0 Å². The molecule has 1 aromatic heterocycles. The standard InChI is InChI=1S/C16H17FN4S/c1-2-3-8-14-12(9-18)15(19)21-16(20-14)22-10-11-6-4-5-7-13(11)17/h4-7H,2-3,8,10H2,1H3,(H2,19,20,21). The number of aromatic nitrogens is 2. The van der Waals surface area contributed by atoms with E-state index in [1.54, 1.807) is 18.2 Å². The maximum Gasteiger partial charge on any atom is 0.190 e. The summed E-state index contributed by atoms with van der Waals surface area (Å²) < 4.78 is 13.6. The Bertz CT molecular complexity index is 697. The fraction of sp³-hybridized carbons (Fsp3) is 0.312. The number of nitrogen functional groups attached to an aromatic ring is 1. The fourth-order valence-corrected chi connectivity index (χ4v) is 2.83. The van der Waals surface area contributed by atoms with Crippen LogP contribution in [-0.2, 0) is 12.2 Å². The quantitative estimate of drug-likeness (QED) is 0.649. The minimum atomic E-state index is -0.247. The Hall–Kier alpha value is -2.13. The summed E-state index contributed by atoms with van der Waals surface area (Å²) in [6.45, 7) is 2.07. The Kier molecular flexibility index (Phi) is 5.73.